The van der Waals surface area contributed by atoms with Gasteiger partial charge in [0.2, 0.25) is 0 Å². The number of carboxylic acids is 1. The number of thioether (sulfide) groups is 1. The maximum absolute atomic E-state index is 12.6. The number of carboxylic acid groups (broad SMARTS) is 1. The summed E-state index contributed by atoms with van der Waals surface area (Å²) in [5.74, 6) is 1.33. The summed E-state index contributed by atoms with van der Waals surface area (Å²) < 4.78 is 0. The first-order chi connectivity index (χ1) is 9.50. The molecule has 0 bridgehead atoms. The molecule has 2 aliphatic heterocycles. The fourth-order valence-electron chi connectivity index (χ4n) is 3.12. The molecule has 0 aromatic carbocycles. The van der Waals surface area contributed by atoms with Gasteiger partial charge < -0.3 is 14.9 Å². The Hall–Kier alpha value is -0.910. The fourth-order valence-corrected chi connectivity index (χ4v) is 4.38. The maximum atomic E-state index is 12.6. The third-order valence-electron chi connectivity index (χ3n) is 4.73. The van der Waals surface area contributed by atoms with E-state index in [1.165, 1.54) is 0 Å². The van der Waals surface area contributed by atoms with Crippen LogP contribution >= 0.6 is 11.8 Å². The van der Waals surface area contributed by atoms with Gasteiger partial charge in [0.05, 0.1) is 5.41 Å². The summed E-state index contributed by atoms with van der Waals surface area (Å²) in [7, 11) is 1.85. The highest BCUT2D eigenvalue weighted by Gasteiger charge is 2.43. The van der Waals surface area contributed by atoms with Crippen molar-refractivity contribution in [3.8, 4) is 0 Å². The molecule has 2 fully saturated rings. The molecule has 2 rings (SSSR count). The highest BCUT2D eigenvalue weighted by molar-refractivity contribution is 7.99. The number of urea groups is 1. The predicted molar refractivity (Wildman–Crippen MR) is 80.1 cm³/mol. The summed E-state index contributed by atoms with van der Waals surface area (Å²) in [6.45, 7) is 2.93. The SMILES string of the molecule is CCC1(C(=O)O)CCCN(C(=O)N(C)C2CCSC2)C1. The summed E-state index contributed by atoms with van der Waals surface area (Å²) >= 11 is 1.88. The van der Waals surface area contributed by atoms with Crippen molar-refractivity contribution in [2.75, 3.05) is 31.6 Å². The number of amides is 2. The van der Waals surface area contributed by atoms with Gasteiger partial charge in [0.1, 0.15) is 0 Å². The van der Waals surface area contributed by atoms with Crippen molar-refractivity contribution < 1.29 is 14.7 Å². The molecule has 2 aliphatic rings. The van der Waals surface area contributed by atoms with E-state index in [-0.39, 0.29) is 6.03 Å². The molecule has 20 heavy (non-hydrogen) atoms. The van der Waals surface area contributed by atoms with Gasteiger partial charge in [-0.05, 0) is 31.4 Å². The third kappa shape index (κ3) is 2.90. The van der Waals surface area contributed by atoms with Crippen LogP contribution < -0.4 is 0 Å². The van der Waals surface area contributed by atoms with Gasteiger partial charge in [0, 0.05) is 31.9 Å². The predicted octanol–water partition coefficient (Wildman–Crippen LogP) is 2.12. The van der Waals surface area contributed by atoms with Crippen LogP contribution in [0.3, 0.4) is 0 Å². The summed E-state index contributed by atoms with van der Waals surface area (Å²) in [5.41, 5.74) is -0.751. The molecule has 5 nitrogen and oxygen atoms in total. The summed E-state index contributed by atoms with van der Waals surface area (Å²) in [5, 5.41) is 9.48. The van der Waals surface area contributed by atoms with E-state index < -0.39 is 11.4 Å². The van der Waals surface area contributed by atoms with E-state index in [2.05, 4.69) is 0 Å². The average molecular weight is 300 g/mol. The average Bonchev–Trinajstić information content (AvgIpc) is 2.99. The second-order valence-electron chi connectivity index (χ2n) is 5.88. The molecular formula is C14H24N2O3S. The molecule has 0 aromatic heterocycles. The first kappa shape index (κ1) is 15.5. The van der Waals surface area contributed by atoms with E-state index >= 15 is 0 Å². The number of aliphatic carboxylic acids is 1. The van der Waals surface area contributed by atoms with E-state index in [1.807, 2.05) is 30.6 Å². The Labute approximate surface area is 124 Å². The van der Waals surface area contributed by atoms with Crippen molar-refractivity contribution in [1.29, 1.82) is 0 Å². The van der Waals surface area contributed by atoms with Gasteiger partial charge in [0.25, 0.3) is 0 Å². The summed E-state index contributed by atoms with van der Waals surface area (Å²) in [4.78, 5) is 27.7. The van der Waals surface area contributed by atoms with Crippen molar-refractivity contribution in [1.82, 2.24) is 9.80 Å². The lowest BCUT2D eigenvalue weighted by Crippen LogP contribution is -2.54. The zero-order valence-electron chi connectivity index (χ0n) is 12.3. The minimum absolute atomic E-state index is 0.00345. The number of rotatable bonds is 3. The van der Waals surface area contributed by atoms with Crippen molar-refractivity contribution in [2.24, 2.45) is 5.41 Å². The van der Waals surface area contributed by atoms with Crippen LogP contribution in [-0.2, 0) is 4.79 Å². The third-order valence-corrected chi connectivity index (χ3v) is 5.88. The van der Waals surface area contributed by atoms with E-state index in [1.54, 1.807) is 4.90 Å². The highest BCUT2D eigenvalue weighted by atomic mass is 32.2. The summed E-state index contributed by atoms with van der Waals surface area (Å²) in [6, 6.07) is 0.298. The molecule has 114 valence electrons. The van der Waals surface area contributed by atoms with Gasteiger partial charge in [-0.15, -0.1) is 0 Å². The molecule has 2 unspecified atom stereocenters. The van der Waals surface area contributed by atoms with Crippen LogP contribution in [0.15, 0.2) is 0 Å². The fraction of sp³-hybridized carbons (Fsp3) is 0.857. The molecular weight excluding hydrogens is 276 g/mol. The second-order valence-corrected chi connectivity index (χ2v) is 7.02. The second kappa shape index (κ2) is 6.24. The molecule has 6 heteroatoms. The quantitative estimate of drug-likeness (QED) is 0.867. The van der Waals surface area contributed by atoms with E-state index in [4.69, 9.17) is 0 Å². The Morgan fingerprint density at radius 2 is 2.25 bits per heavy atom. The van der Waals surface area contributed by atoms with Gasteiger partial charge in [0.15, 0.2) is 0 Å². The summed E-state index contributed by atoms with van der Waals surface area (Å²) in [6.07, 6.45) is 3.07. The van der Waals surface area contributed by atoms with Crippen LogP contribution in [0.1, 0.15) is 32.6 Å². The zero-order valence-corrected chi connectivity index (χ0v) is 13.1. The smallest absolute Gasteiger partial charge is 0.320 e. The molecule has 0 spiro atoms. The number of piperidine rings is 1. The van der Waals surface area contributed by atoms with Crippen molar-refractivity contribution >= 4 is 23.8 Å². The molecule has 2 heterocycles. The van der Waals surface area contributed by atoms with Crippen molar-refractivity contribution in [2.45, 2.75) is 38.6 Å². The first-order valence-electron chi connectivity index (χ1n) is 7.33. The molecule has 1 N–H and O–H groups in total. The largest absolute Gasteiger partial charge is 0.481 e. The first-order valence-corrected chi connectivity index (χ1v) is 8.48. The Morgan fingerprint density at radius 1 is 1.50 bits per heavy atom. The molecule has 2 saturated heterocycles. The maximum Gasteiger partial charge on any atom is 0.320 e. The number of carbonyl (C=O) groups is 2. The number of carbonyl (C=O) groups excluding carboxylic acids is 1. The highest BCUT2D eigenvalue weighted by Crippen LogP contribution is 2.34. The minimum atomic E-state index is -0.767. The molecule has 0 aliphatic carbocycles. The monoisotopic (exact) mass is 300 g/mol. The van der Waals surface area contributed by atoms with E-state index in [0.717, 1.165) is 24.3 Å². The van der Waals surface area contributed by atoms with E-state index in [0.29, 0.717) is 32.0 Å². The molecule has 2 atom stereocenters. The van der Waals surface area contributed by atoms with Crippen LogP contribution in [0.5, 0.6) is 0 Å². The lowest BCUT2D eigenvalue weighted by Gasteiger charge is -2.41. The zero-order chi connectivity index (χ0) is 14.8. The molecule has 0 radical (unpaired) electrons. The molecule has 0 saturated carbocycles. The Morgan fingerprint density at radius 3 is 2.80 bits per heavy atom. The van der Waals surface area contributed by atoms with Crippen LogP contribution in [0.25, 0.3) is 0 Å². The topological polar surface area (TPSA) is 60.9 Å². The number of hydrogen-bond donors (Lipinski definition) is 1. The van der Waals surface area contributed by atoms with Gasteiger partial charge in [-0.2, -0.15) is 11.8 Å². The van der Waals surface area contributed by atoms with Crippen LogP contribution in [0.4, 0.5) is 4.79 Å². The number of nitrogens with zero attached hydrogens (tertiary/aromatic N) is 2. The van der Waals surface area contributed by atoms with Gasteiger partial charge >= 0.3 is 12.0 Å². The minimum Gasteiger partial charge on any atom is -0.481 e. The normalized spacial score (nSPS) is 30.3. The lowest BCUT2D eigenvalue weighted by molar-refractivity contribution is -0.152. The van der Waals surface area contributed by atoms with Gasteiger partial charge in [-0.1, -0.05) is 6.92 Å². The van der Waals surface area contributed by atoms with Crippen molar-refractivity contribution in [3.05, 3.63) is 0 Å². The van der Waals surface area contributed by atoms with Gasteiger partial charge in [-0.3, -0.25) is 4.79 Å². The Bertz CT molecular complexity index is 385. The van der Waals surface area contributed by atoms with E-state index in [9.17, 15) is 14.7 Å². The van der Waals surface area contributed by atoms with Crippen molar-refractivity contribution in [3.63, 3.8) is 0 Å². The number of hydrogen-bond acceptors (Lipinski definition) is 3. The Kier molecular flexibility index (Phi) is 4.83. The molecule has 0 aromatic rings. The Balaban J connectivity index is 2.04. The lowest BCUT2D eigenvalue weighted by atomic mass is 9.78. The van der Waals surface area contributed by atoms with Crippen LogP contribution in [-0.4, -0.2) is 64.6 Å². The van der Waals surface area contributed by atoms with Gasteiger partial charge in [-0.25, -0.2) is 4.79 Å². The molecule has 2 amide bonds. The number of likely N-dealkylation sites (tertiary alicyclic amines) is 1. The van der Waals surface area contributed by atoms with Crippen LogP contribution in [0, 0.1) is 5.41 Å². The standard InChI is InChI=1S/C14H24N2O3S/c1-3-14(12(17)18)6-4-7-16(10-14)13(19)15(2)11-5-8-20-9-11/h11H,3-10H2,1-2H3,(H,17,18). The van der Waals surface area contributed by atoms with Crippen LogP contribution in [0.2, 0.25) is 0 Å².